The van der Waals surface area contributed by atoms with E-state index in [1.165, 1.54) is 0 Å². The second-order valence-corrected chi connectivity index (χ2v) is 6.65. The van der Waals surface area contributed by atoms with Gasteiger partial charge in [0.1, 0.15) is 5.60 Å². The summed E-state index contributed by atoms with van der Waals surface area (Å²) in [5.74, 6) is 0.575. The van der Waals surface area contributed by atoms with Crippen molar-refractivity contribution in [1.29, 1.82) is 0 Å². The zero-order valence-electron chi connectivity index (χ0n) is 11.7. The first-order valence-electron chi connectivity index (χ1n) is 6.82. The quantitative estimate of drug-likeness (QED) is 0.667. The number of Topliss-reactive ketones (excluding diaryl/α,β-unsaturated/α-hetero) is 1. The Morgan fingerprint density at radius 2 is 2.00 bits per heavy atom. The molecule has 2 saturated heterocycles. The van der Waals surface area contributed by atoms with Crippen LogP contribution in [-0.2, 0) is 9.53 Å². The number of amides is 1. The SMILES string of the molecule is CC1CC(=O)C2CCC(C1)N2C(=O)OC(C)(C)C. The first-order chi connectivity index (χ1) is 8.28. The first-order valence-corrected chi connectivity index (χ1v) is 6.82. The van der Waals surface area contributed by atoms with Gasteiger partial charge >= 0.3 is 6.09 Å². The Kier molecular flexibility index (Phi) is 3.39. The van der Waals surface area contributed by atoms with Crippen LogP contribution in [0.1, 0.15) is 53.4 Å². The molecule has 3 atom stereocenters. The summed E-state index contributed by atoms with van der Waals surface area (Å²) in [5.41, 5.74) is -0.502. The molecule has 1 amide bonds. The van der Waals surface area contributed by atoms with Gasteiger partial charge in [-0.3, -0.25) is 9.69 Å². The summed E-state index contributed by atoms with van der Waals surface area (Å²) in [5, 5.41) is 0. The molecule has 0 aromatic carbocycles. The van der Waals surface area contributed by atoms with Crippen molar-refractivity contribution in [2.45, 2.75) is 71.1 Å². The van der Waals surface area contributed by atoms with E-state index in [0.29, 0.717) is 12.3 Å². The summed E-state index contributed by atoms with van der Waals surface area (Å²) in [6.07, 6.45) is 2.93. The highest BCUT2D eigenvalue weighted by Gasteiger charge is 2.45. The fourth-order valence-corrected chi connectivity index (χ4v) is 3.05. The van der Waals surface area contributed by atoms with E-state index in [4.69, 9.17) is 4.74 Å². The van der Waals surface area contributed by atoms with E-state index in [-0.39, 0.29) is 24.0 Å². The van der Waals surface area contributed by atoms with E-state index < -0.39 is 5.60 Å². The topological polar surface area (TPSA) is 46.6 Å². The number of rotatable bonds is 0. The maximum absolute atomic E-state index is 12.2. The third-order valence-electron chi connectivity index (χ3n) is 3.70. The van der Waals surface area contributed by atoms with E-state index >= 15 is 0 Å². The largest absolute Gasteiger partial charge is 0.444 e. The molecule has 0 radical (unpaired) electrons. The highest BCUT2D eigenvalue weighted by atomic mass is 16.6. The third kappa shape index (κ3) is 2.68. The van der Waals surface area contributed by atoms with E-state index in [2.05, 4.69) is 6.92 Å². The second kappa shape index (κ2) is 4.56. The lowest BCUT2D eigenvalue weighted by molar-refractivity contribution is -0.123. The molecule has 0 N–H and O–H groups in total. The summed E-state index contributed by atoms with van der Waals surface area (Å²) >= 11 is 0. The van der Waals surface area contributed by atoms with Crippen molar-refractivity contribution in [1.82, 2.24) is 4.90 Å². The Balaban J connectivity index is 2.16. The number of hydrogen-bond acceptors (Lipinski definition) is 3. The maximum atomic E-state index is 12.2. The van der Waals surface area contributed by atoms with Crippen LogP contribution in [0.25, 0.3) is 0 Å². The molecule has 2 rings (SSSR count). The maximum Gasteiger partial charge on any atom is 0.411 e. The zero-order valence-corrected chi connectivity index (χ0v) is 11.7. The molecule has 0 aromatic heterocycles. The molecule has 0 spiro atoms. The highest BCUT2D eigenvalue weighted by molar-refractivity contribution is 5.88. The Labute approximate surface area is 109 Å². The van der Waals surface area contributed by atoms with Crippen molar-refractivity contribution in [3.63, 3.8) is 0 Å². The molecular formula is C14H23NO3. The molecule has 0 aliphatic carbocycles. The first kappa shape index (κ1) is 13.4. The molecule has 18 heavy (non-hydrogen) atoms. The molecular weight excluding hydrogens is 230 g/mol. The molecule has 2 aliphatic rings. The van der Waals surface area contributed by atoms with Crippen LogP contribution in [0.4, 0.5) is 4.79 Å². The van der Waals surface area contributed by atoms with Crippen molar-refractivity contribution < 1.29 is 14.3 Å². The van der Waals surface area contributed by atoms with Gasteiger partial charge in [0.15, 0.2) is 5.78 Å². The van der Waals surface area contributed by atoms with Gasteiger partial charge in [-0.15, -0.1) is 0 Å². The zero-order chi connectivity index (χ0) is 13.5. The minimum absolute atomic E-state index is 0.186. The van der Waals surface area contributed by atoms with Crippen LogP contribution in [0.2, 0.25) is 0 Å². The molecule has 4 heteroatoms. The number of ether oxygens (including phenoxy) is 1. The van der Waals surface area contributed by atoms with Gasteiger partial charge in [0.05, 0.1) is 6.04 Å². The Hall–Kier alpha value is -1.06. The smallest absolute Gasteiger partial charge is 0.411 e. The van der Waals surface area contributed by atoms with Crippen LogP contribution in [0.3, 0.4) is 0 Å². The van der Waals surface area contributed by atoms with Crippen molar-refractivity contribution >= 4 is 11.9 Å². The van der Waals surface area contributed by atoms with Crippen LogP contribution >= 0.6 is 0 Å². The van der Waals surface area contributed by atoms with Crippen LogP contribution in [0.5, 0.6) is 0 Å². The molecule has 2 fully saturated rings. The van der Waals surface area contributed by atoms with E-state index in [1.807, 2.05) is 20.8 Å². The van der Waals surface area contributed by atoms with E-state index in [0.717, 1.165) is 19.3 Å². The van der Waals surface area contributed by atoms with Crippen molar-refractivity contribution in [2.24, 2.45) is 5.92 Å². The van der Waals surface area contributed by atoms with E-state index in [1.54, 1.807) is 4.90 Å². The Morgan fingerprint density at radius 3 is 2.61 bits per heavy atom. The number of nitrogens with zero attached hydrogens (tertiary/aromatic N) is 1. The monoisotopic (exact) mass is 253 g/mol. The van der Waals surface area contributed by atoms with Gasteiger partial charge in [-0.2, -0.15) is 0 Å². The third-order valence-corrected chi connectivity index (χ3v) is 3.70. The molecule has 0 aromatic rings. The second-order valence-electron chi connectivity index (χ2n) is 6.65. The Bertz CT molecular complexity index is 359. The average molecular weight is 253 g/mol. The molecule has 2 bridgehead atoms. The number of hydrogen-bond donors (Lipinski definition) is 0. The molecule has 102 valence electrons. The van der Waals surface area contributed by atoms with Gasteiger partial charge in [-0.1, -0.05) is 6.92 Å². The van der Waals surface area contributed by atoms with Gasteiger partial charge in [-0.25, -0.2) is 4.79 Å². The lowest BCUT2D eigenvalue weighted by Crippen LogP contribution is -2.45. The van der Waals surface area contributed by atoms with Gasteiger partial charge in [0, 0.05) is 12.5 Å². The number of ketones is 1. The molecule has 2 aliphatic heterocycles. The van der Waals surface area contributed by atoms with E-state index in [9.17, 15) is 9.59 Å². The Morgan fingerprint density at radius 1 is 1.33 bits per heavy atom. The van der Waals surface area contributed by atoms with Crippen molar-refractivity contribution in [3.8, 4) is 0 Å². The molecule has 0 saturated carbocycles. The molecule has 4 nitrogen and oxygen atoms in total. The fourth-order valence-electron chi connectivity index (χ4n) is 3.05. The van der Waals surface area contributed by atoms with Gasteiger partial charge in [-0.05, 0) is 46.0 Å². The van der Waals surface area contributed by atoms with Gasteiger partial charge < -0.3 is 4.74 Å². The lowest BCUT2D eigenvalue weighted by Gasteiger charge is -2.30. The minimum Gasteiger partial charge on any atom is -0.444 e. The van der Waals surface area contributed by atoms with Crippen LogP contribution in [0, 0.1) is 5.92 Å². The average Bonchev–Trinajstić information content (AvgIpc) is 2.52. The lowest BCUT2D eigenvalue weighted by atomic mass is 9.92. The molecule has 2 heterocycles. The van der Waals surface area contributed by atoms with Crippen LogP contribution < -0.4 is 0 Å². The summed E-state index contributed by atoms with van der Waals surface area (Å²) < 4.78 is 5.43. The summed E-state index contributed by atoms with van der Waals surface area (Å²) in [7, 11) is 0. The number of carbonyl (C=O) groups is 2. The predicted molar refractivity (Wildman–Crippen MR) is 68.3 cm³/mol. The minimum atomic E-state index is -0.502. The van der Waals surface area contributed by atoms with Gasteiger partial charge in [0.2, 0.25) is 0 Å². The van der Waals surface area contributed by atoms with Gasteiger partial charge in [0.25, 0.3) is 0 Å². The predicted octanol–water partition coefficient (Wildman–Crippen LogP) is 2.75. The van der Waals surface area contributed by atoms with Crippen LogP contribution in [0.15, 0.2) is 0 Å². The number of fused-ring (bicyclic) bond motifs is 2. The fraction of sp³-hybridized carbons (Fsp3) is 0.857. The highest BCUT2D eigenvalue weighted by Crippen LogP contribution is 2.35. The normalized spacial score (nSPS) is 32.3. The number of carbonyl (C=O) groups excluding carboxylic acids is 2. The molecule has 3 unspecified atom stereocenters. The van der Waals surface area contributed by atoms with Crippen molar-refractivity contribution in [2.75, 3.05) is 0 Å². The summed E-state index contributed by atoms with van der Waals surface area (Å²) in [6.45, 7) is 7.66. The standard InChI is InChI=1S/C14H23NO3/c1-9-7-10-5-6-11(12(16)8-9)15(10)13(17)18-14(2,3)4/h9-11H,5-8H2,1-4H3. The van der Waals surface area contributed by atoms with Crippen LogP contribution in [-0.4, -0.2) is 34.5 Å². The van der Waals surface area contributed by atoms with Crippen molar-refractivity contribution in [3.05, 3.63) is 0 Å². The summed E-state index contributed by atoms with van der Waals surface area (Å²) in [4.78, 5) is 26.0. The summed E-state index contributed by atoms with van der Waals surface area (Å²) in [6, 6.07) is -0.0545.